The van der Waals surface area contributed by atoms with Crippen molar-refractivity contribution in [3.63, 3.8) is 0 Å². The smallest absolute Gasteiger partial charge is 0.359 e. The molecule has 6 nitrogen and oxygen atoms in total. The molecule has 0 aromatic carbocycles. The molecule has 2 N–H and O–H groups in total. The van der Waals surface area contributed by atoms with Gasteiger partial charge in [-0.05, 0) is 13.3 Å². The van der Waals surface area contributed by atoms with Gasteiger partial charge in [0.25, 0.3) is 0 Å². The lowest BCUT2D eigenvalue weighted by atomic mass is 10.2. The molecular formula is C11H19N3O3. The standard InChI is InChI=1S/C11H19N3O3/c1-4-6-14-10(12)8(7-17-5-2)9(13-14)11(15)16-3/h4-7,12H2,1-3H3. The van der Waals surface area contributed by atoms with E-state index in [-0.39, 0.29) is 12.3 Å². The fraction of sp³-hybridized carbons (Fsp3) is 0.636. The molecule has 0 saturated heterocycles. The van der Waals surface area contributed by atoms with Crippen LogP contribution >= 0.6 is 0 Å². The van der Waals surface area contributed by atoms with Crippen molar-refractivity contribution in [1.82, 2.24) is 9.78 Å². The highest BCUT2D eigenvalue weighted by atomic mass is 16.5. The maximum atomic E-state index is 11.6. The van der Waals surface area contributed by atoms with Gasteiger partial charge in [0.2, 0.25) is 0 Å². The van der Waals surface area contributed by atoms with E-state index in [4.69, 9.17) is 10.5 Å². The third-order valence-corrected chi connectivity index (χ3v) is 2.36. The van der Waals surface area contributed by atoms with Gasteiger partial charge in [0.15, 0.2) is 5.69 Å². The summed E-state index contributed by atoms with van der Waals surface area (Å²) >= 11 is 0. The number of ether oxygens (including phenoxy) is 2. The molecule has 0 radical (unpaired) electrons. The number of nitrogens with two attached hydrogens (primary N) is 1. The zero-order valence-electron chi connectivity index (χ0n) is 10.5. The van der Waals surface area contributed by atoms with Crippen LogP contribution in [0.25, 0.3) is 0 Å². The van der Waals surface area contributed by atoms with Crippen molar-refractivity contribution < 1.29 is 14.3 Å². The highest BCUT2D eigenvalue weighted by Gasteiger charge is 2.21. The van der Waals surface area contributed by atoms with E-state index < -0.39 is 5.97 Å². The molecule has 1 heterocycles. The van der Waals surface area contributed by atoms with Crippen molar-refractivity contribution >= 4 is 11.8 Å². The largest absolute Gasteiger partial charge is 0.464 e. The van der Waals surface area contributed by atoms with Gasteiger partial charge in [-0.15, -0.1) is 0 Å². The summed E-state index contributed by atoms with van der Waals surface area (Å²) in [5.41, 5.74) is 6.78. The number of carbonyl (C=O) groups excluding carboxylic acids is 1. The molecular weight excluding hydrogens is 222 g/mol. The Morgan fingerprint density at radius 2 is 2.18 bits per heavy atom. The first kappa shape index (κ1) is 13.5. The predicted molar refractivity (Wildman–Crippen MR) is 63.6 cm³/mol. The van der Waals surface area contributed by atoms with Gasteiger partial charge in [-0.25, -0.2) is 9.48 Å². The molecule has 96 valence electrons. The van der Waals surface area contributed by atoms with Crippen molar-refractivity contribution in [3.05, 3.63) is 11.3 Å². The first-order valence-corrected chi connectivity index (χ1v) is 5.66. The van der Waals surface area contributed by atoms with Gasteiger partial charge in [0, 0.05) is 13.2 Å². The van der Waals surface area contributed by atoms with Gasteiger partial charge < -0.3 is 15.2 Å². The van der Waals surface area contributed by atoms with Crippen LogP contribution in [0.5, 0.6) is 0 Å². The Morgan fingerprint density at radius 3 is 2.71 bits per heavy atom. The van der Waals surface area contributed by atoms with Gasteiger partial charge in [0.1, 0.15) is 5.82 Å². The Hall–Kier alpha value is -1.56. The molecule has 1 rings (SSSR count). The monoisotopic (exact) mass is 241 g/mol. The number of rotatable bonds is 6. The molecule has 0 aliphatic heterocycles. The number of nitrogens with zero attached hydrogens (tertiary/aromatic N) is 2. The fourth-order valence-corrected chi connectivity index (χ4v) is 1.50. The summed E-state index contributed by atoms with van der Waals surface area (Å²) in [6, 6.07) is 0. The van der Waals surface area contributed by atoms with Gasteiger partial charge in [-0.3, -0.25) is 0 Å². The molecule has 0 atom stereocenters. The summed E-state index contributed by atoms with van der Waals surface area (Å²) < 4.78 is 11.6. The summed E-state index contributed by atoms with van der Waals surface area (Å²) in [5, 5.41) is 4.16. The Balaban J connectivity index is 3.07. The van der Waals surface area contributed by atoms with E-state index in [1.165, 1.54) is 7.11 Å². The first-order chi connectivity index (χ1) is 8.15. The van der Waals surface area contributed by atoms with Crippen molar-refractivity contribution in [1.29, 1.82) is 0 Å². The van der Waals surface area contributed by atoms with Crippen LogP contribution in [-0.4, -0.2) is 29.5 Å². The van der Waals surface area contributed by atoms with E-state index in [0.717, 1.165) is 6.42 Å². The molecule has 0 amide bonds. The van der Waals surface area contributed by atoms with Crippen LogP contribution in [0.3, 0.4) is 0 Å². The van der Waals surface area contributed by atoms with Gasteiger partial charge >= 0.3 is 5.97 Å². The Kier molecular flexibility index (Phi) is 4.96. The van der Waals surface area contributed by atoms with Crippen LogP contribution in [0, 0.1) is 0 Å². The second-order valence-corrected chi connectivity index (χ2v) is 3.56. The summed E-state index contributed by atoms with van der Waals surface area (Å²) in [7, 11) is 1.32. The number of anilines is 1. The number of hydrogen-bond acceptors (Lipinski definition) is 5. The lowest BCUT2D eigenvalue weighted by molar-refractivity contribution is 0.0585. The van der Waals surface area contributed by atoms with Gasteiger partial charge in [-0.2, -0.15) is 5.10 Å². The van der Waals surface area contributed by atoms with Crippen LogP contribution in [0.15, 0.2) is 0 Å². The van der Waals surface area contributed by atoms with Crippen molar-refractivity contribution in [2.24, 2.45) is 0 Å². The molecule has 0 fully saturated rings. The minimum Gasteiger partial charge on any atom is -0.464 e. The van der Waals surface area contributed by atoms with Crippen molar-refractivity contribution in [3.8, 4) is 0 Å². The minimum absolute atomic E-state index is 0.243. The van der Waals surface area contributed by atoms with Crippen LogP contribution < -0.4 is 5.73 Å². The highest BCUT2D eigenvalue weighted by molar-refractivity contribution is 5.90. The molecule has 0 aliphatic rings. The number of aromatic nitrogens is 2. The molecule has 0 bridgehead atoms. The number of hydrogen-bond donors (Lipinski definition) is 1. The Morgan fingerprint density at radius 1 is 1.47 bits per heavy atom. The van der Waals surface area contributed by atoms with E-state index >= 15 is 0 Å². The summed E-state index contributed by atoms with van der Waals surface area (Å²) in [6.45, 7) is 5.39. The van der Waals surface area contributed by atoms with Crippen molar-refractivity contribution in [2.45, 2.75) is 33.4 Å². The molecule has 1 aromatic rings. The molecule has 0 saturated carbocycles. The lowest BCUT2D eigenvalue weighted by Gasteiger charge is -2.03. The Bertz CT molecular complexity index is 388. The topological polar surface area (TPSA) is 79.4 Å². The highest BCUT2D eigenvalue weighted by Crippen LogP contribution is 2.19. The number of aryl methyl sites for hydroxylation is 1. The lowest BCUT2D eigenvalue weighted by Crippen LogP contribution is -2.07. The number of carbonyl (C=O) groups is 1. The van der Waals surface area contributed by atoms with Gasteiger partial charge in [0.05, 0.1) is 19.3 Å². The van der Waals surface area contributed by atoms with Crippen molar-refractivity contribution in [2.75, 3.05) is 19.5 Å². The zero-order valence-corrected chi connectivity index (χ0v) is 10.5. The SMILES string of the molecule is CCCn1nc(C(=O)OC)c(COCC)c1N. The molecule has 17 heavy (non-hydrogen) atoms. The molecule has 1 aromatic heterocycles. The minimum atomic E-state index is -0.485. The maximum absolute atomic E-state index is 11.6. The summed E-state index contributed by atoms with van der Waals surface area (Å²) in [5.74, 6) is -0.0121. The number of methoxy groups -OCH3 is 1. The van der Waals surface area contributed by atoms with E-state index in [1.807, 2.05) is 13.8 Å². The quantitative estimate of drug-likeness (QED) is 0.757. The molecule has 0 aliphatic carbocycles. The third-order valence-electron chi connectivity index (χ3n) is 2.36. The van der Waals surface area contributed by atoms with E-state index in [0.29, 0.717) is 24.5 Å². The molecule has 0 spiro atoms. The van der Waals surface area contributed by atoms with Crippen LogP contribution in [-0.2, 0) is 22.6 Å². The Labute approximate surface area is 101 Å². The molecule has 0 unspecified atom stereocenters. The molecule has 6 heteroatoms. The fourth-order valence-electron chi connectivity index (χ4n) is 1.50. The average Bonchev–Trinajstić information content (AvgIpc) is 2.64. The maximum Gasteiger partial charge on any atom is 0.359 e. The van der Waals surface area contributed by atoms with Crippen LogP contribution in [0.1, 0.15) is 36.3 Å². The summed E-state index contributed by atoms with van der Waals surface area (Å²) in [4.78, 5) is 11.6. The summed E-state index contributed by atoms with van der Waals surface area (Å²) in [6.07, 6.45) is 0.889. The predicted octanol–water partition coefficient (Wildman–Crippen LogP) is 1.20. The average molecular weight is 241 g/mol. The number of nitrogen functional groups attached to an aromatic ring is 1. The van der Waals surface area contributed by atoms with E-state index in [9.17, 15) is 4.79 Å². The number of esters is 1. The van der Waals surface area contributed by atoms with Crippen LogP contribution in [0.2, 0.25) is 0 Å². The second-order valence-electron chi connectivity index (χ2n) is 3.56. The first-order valence-electron chi connectivity index (χ1n) is 5.66. The van der Waals surface area contributed by atoms with E-state index in [2.05, 4.69) is 9.84 Å². The zero-order chi connectivity index (χ0) is 12.8. The van der Waals surface area contributed by atoms with E-state index in [1.54, 1.807) is 4.68 Å². The third kappa shape index (κ3) is 2.97. The normalized spacial score (nSPS) is 10.5. The second kappa shape index (κ2) is 6.24. The van der Waals surface area contributed by atoms with Gasteiger partial charge in [-0.1, -0.05) is 6.92 Å². The van der Waals surface area contributed by atoms with Crippen LogP contribution in [0.4, 0.5) is 5.82 Å².